The van der Waals surface area contributed by atoms with Crippen molar-refractivity contribution >= 4 is 9.84 Å². The molecule has 0 aromatic heterocycles. The van der Waals surface area contributed by atoms with E-state index in [2.05, 4.69) is 0 Å². The predicted molar refractivity (Wildman–Crippen MR) is 99.2 cm³/mol. The molecular formula is C20H22O5S. The minimum Gasteiger partial charge on any atom is -0.497 e. The van der Waals surface area contributed by atoms with Crippen molar-refractivity contribution in [2.75, 3.05) is 14.2 Å². The SMILES string of the molecule is COc1ccc(OC)c([C@@H]2C=C(S(=O)(=O)c3ccccc3)[C@H](O)CC2)c1. The van der Waals surface area contributed by atoms with Crippen molar-refractivity contribution in [3.8, 4) is 11.5 Å². The Hall–Kier alpha value is -2.31. The molecule has 0 radical (unpaired) electrons. The highest BCUT2D eigenvalue weighted by molar-refractivity contribution is 7.95. The molecule has 0 saturated carbocycles. The smallest absolute Gasteiger partial charge is 0.205 e. The molecular weight excluding hydrogens is 352 g/mol. The Morgan fingerprint density at radius 2 is 1.73 bits per heavy atom. The first-order valence-electron chi connectivity index (χ1n) is 8.39. The lowest BCUT2D eigenvalue weighted by Crippen LogP contribution is -2.24. The van der Waals surface area contributed by atoms with Crippen LogP contribution in [0.2, 0.25) is 0 Å². The Morgan fingerprint density at radius 3 is 2.38 bits per heavy atom. The normalized spacial score (nSPS) is 20.3. The summed E-state index contributed by atoms with van der Waals surface area (Å²) in [6.45, 7) is 0. The largest absolute Gasteiger partial charge is 0.497 e. The molecule has 5 nitrogen and oxygen atoms in total. The Morgan fingerprint density at radius 1 is 1.00 bits per heavy atom. The fraction of sp³-hybridized carbons (Fsp3) is 0.300. The van der Waals surface area contributed by atoms with Crippen molar-refractivity contribution in [2.45, 2.75) is 29.8 Å². The summed E-state index contributed by atoms with van der Waals surface area (Å²) in [7, 11) is -0.590. The van der Waals surface area contributed by atoms with Crippen LogP contribution >= 0.6 is 0 Å². The maximum absolute atomic E-state index is 13.0. The average molecular weight is 374 g/mol. The van der Waals surface area contributed by atoms with Gasteiger partial charge in [0.25, 0.3) is 0 Å². The molecule has 6 heteroatoms. The lowest BCUT2D eigenvalue weighted by molar-refractivity contribution is 0.195. The van der Waals surface area contributed by atoms with E-state index in [4.69, 9.17) is 9.47 Å². The van der Waals surface area contributed by atoms with Gasteiger partial charge in [0.05, 0.1) is 30.1 Å². The van der Waals surface area contributed by atoms with Gasteiger partial charge >= 0.3 is 0 Å². The zero-order chi connectivity index (χ0) is 18.7. The average Bonchev–Trinajstić information content (AvgIpc) is 2.68. The van der Waals surface area contributed by atoms with Gasteiger partial charge in [-0.3, -0.25) is 0 Å². The molecule has 3 rings (SSSR count). The number of methoxy groups -OCH3 is 2. The van der Waals surface area contributed by atoms with Gasteiger partial charge in [0.1, 0.15) is 11.5 Å². The molecule has 0 bridgehead atoms. The first-order valence-corrected chi connectivity index (χ1v) is 9.87. The topological polar surface area (TPSA) is 72.8 Å². The molecule has 0 amide bonds. The van der Waals surface area contributed by atoms with Crippen LogP contribution in [-0.4, -0.2) is 33.8 Å². The van der Waals surface area contributed by atoms with Crippen LogP contribution in [0, 0.1) is 0 Å². The number of rotatable bonds is 5. The molecule has 0 unspecified atom stereocenters. The van der Waals surface area contributed by atoms with Gasteiger partial charge in [-0.1, -0.05) is 24.3 Å². The van der Waals surface area contributed by atoms with E-state index in [0.717, 1.165) is 5.56 Å². The van der Waals surface area contributed by atoms with Gasteiger partial charge in [-0.15, -0.1) is 0 Å². The fourth-order valence-corrected chi connectivity index (χ4v) is 4.86. The molecule has 1 aliphatic rings. The van der Waals surface area contributed by atoms with Gasteiger partial charge in [0, 0.05) is 11.5 Å². The van der Waals surface area contributed by atoms with Crippen LogP contribution in [0.15, 0.2) is 64.4 Å². The summed E-state index contributed by atoms with van der Waals surface area (Å²) in [5.74, 6) is 1.16. The van der Waals surface area contributed by atoms with E-state index < -0.39 is 15.9 Å². The highest BCUT2D eigenvalue weighted by Crippen LogP contribution is 2.40. The summed E-state index contributed by atoms with van der Waals surface area (Å²) < 4.78 is 36.7. The third-order valence-electron chi connectivity index (χ3n) is 4.65. The molecule has 0 spiro atoms. The zero-order valence-corrected chi connectivity index (χ0v) is 15.6. The second kappa shape index (κ2) is 7.51. The van der Waals surface area contributed by atoms with Crippen LogP contribution in [0.5, 0.6) is 11.5 Å². The van der Waals surface area contributed by atoms with Gasteiger partial charge in [-0.25, -0.2) is 8.42 Å². The third-order valence-corrected chi connectivity index (χ3v) is 6.57. The van der Waals surface area contributed by atoms with E-state index >= 15 is 0 Å². The quantitative estimate of drug-likeness (QED) is 0.869. The highest BCUT2D eigenvalue weighted by atomic mass is 32.2. The molecule has 138 valence electrons. The highest BCUT2D eigenvalue weighted by Gasteiger charge is 2.32. The van der Waals surface area contributed by atoms with E-state index in [9.17, 15) is 13.5 Å². The molecule has 0 aliphatic heterocycles. The maximum atomic E-state index is 13.0. The van der Waals surface area contributed by atoms with Gasteiger partial charge in [-0.05, 0) is 43.2 Å². The molecule has 0 heterocycles. The lowest BCUT2D eigenvalue weighted by atomic mass is 9.87. The van der Waals surface area contributed by atoms with Crippen molar-refractivity contribution < 1.29 is 23.0 Å². The zero-order valence-electron chi connectivity index (χ0n) is 14.8. The fourth-order valence-electron chi connectivity index (χ4n) is 3.25. The number of aliphatic hydroxyl groups is 1. The van der Waals surface area contributed by atoms with Crippen molar-refractivity contribution in [2.24, 2.45) is 0 Å². The van der Waals surface area contributed by atoms with Crippen molar-refractivity contribution in [1.82, 2.24) is 0 Å². The first kappa shape index (κ1) is 18.5. The van der Waals surface area contributed by atoms with Gasteiger partial charge < -0.3 is 14.6 Å². The number of benzene rings is 2. The lowest BCUT2D eigenvalue weighted by Gasteiger charge is -2.27. The maximum Gasteiger partial charge on any atom is 0.205 e. The van der Waals surface area contributed by atoms with Crippen LogP contribution in [0.3, 0.4) is 0 Å². The Balaban J connectivity index is 2.07. The number of allylic oxidation sites excluding steroid dienone is 1. The molecule has 26 heavy (non-hydrogen) atoms. The number of ether oxygens (including phenoxy) is 2. The van der Waals surface area contributed by atoms with Gasteiger partial charge in [0.15, 0.2) is 0 Å². The number of aliphatic hydroxyl groups excluding tert-OH is 1. The van der Waals surface area contributed by atoms with Crippen molar-refractivity contribution in [3.63, 3.8) is 0 Å². The van der Waals surface area contributed by atoms with Crippen molar-refractivity contribution in [1.29, 1.82) is 0 Å². The molecule has 1 N–H and O–H groups in total. The van der Waals surface area contributed by atoms with Crippen LogP contribution in [0.1, 0.15) is 24.3 Å². The number of hydrogen-bond acceptors (Lipinski definition) is 5. The van der Waals surface area contributed by atoms with E-state index in [-0.39, 0.29) is 15.7 Å². The summed E-state index contributed by atoms with van der Waals surface area (Å²) in [6.07, 6.45) is 1.63. The monoisotopic (exact) mass is 374 g/mol. The molecule has 0 fully saturated rings. The molecule has 2 atom stereocenters. The third kappa shape index (κ3) is 3.48. The molecule has 1 aliphatic carbocycles. The summed E-state index contributed by atoms with van der Waals surface area (Å²) in [5, 5.41) is 10.4. The van der Waals surface area contributed by atoms with Gasteiger partial charge in [0.2, 0.25) is 9.84 Å². The molecule has 0 saturated heterocycles. The van der Waals surface area contributed by atoms with Crippen LogP contribution in [-0.2, 0) is 9.84 Å². The minimum absolute atomic E-state index is 0.0461. The minimum atomic E-state index is -3.75. The van der Waals surface area contributed by atoms with Crippen molar-refractivity contribution in [3.05, 3.63) is 65.1 Å². The second-order valence-corrected chi connectivity index (χ2v) is 8.14. The molecule has 2 aromatic carbocycles. The summed E-state index contributed by atoms with van der Waals surface area (Å²) in [5.41, 5.74) is 0.847. The summed E-state index contributed by atoms with van der Waals surface area (Å²) >= 11 is 0. The van der Waals surface area contributed by atoms with E-state index in [1.54, 1.807) is 62.8 Å². The summed E-state index contributed by atoms with van der Waals surface area (Å²) in [4.78, 5) is 0.230. The first-order chi connectivity index (χ1) is 12.5. The van der Waals surface area contributed by atoms with Gasteiger partial charge in [-0.2, -0.15) is 0 Å². The second-order valence-electron chi connectivity index (χ2n) is 6.19. The Kier molecular flexibility index (Phi) is 5.34. The van der Waals surface area contributed by atoms with E-state index in [0.29, 0.717) is 24.3 Å². The number of hydrogen-bond donors (Lipinski definition) is 1. The predicted octanol–water partition coefficient (Wildman–Crippen LogP) is 3.30. The standard InChI is InChI=1S/C20H22O5S/c1-24-15-9-11-19(25-2)17(13-15)14-8-10-18(21)20(12-14)26(22,23)16-6-4-3-5-7-16/h3-7,9,11-14,18,21H,8,10H2,1-2H3/t14-,18+/m0/s1. The Bertz CT molecular complexity index is 903. The molecule has 2 aromatic rings. The van der Waals surface area contributed by atoms with Crippen LogP contribution < -0.4 is 9.47 Å². The van der Waals surface area contributed by atoms with Crippen LogP contribution in [0.25, 0.3) is 0 Å². The summed E-state index contributed by atoms with van der Waals surface area (Å²) in [6, 6.07) is 13.6. The van der Waals surface area contributed by atoms with E-state index in [1.165, 1.54) is 0 Å². The van der Waals surface area contributed by atoms with Crippen LogP contribution in [0.4, 0.5) is 0 Å². The van der Waals surface area contributed by atoms with E-state index in [1.807, 2.05) is 6.07 Å². The number of sulfone groups is 1. The Labute approximate surface area is 153 Å².